The van der Waals surface area contributed by atoms with Gasteiger partial charge in [0.1, 0.15) is 0 Å². The van der Waals surface area contributed by atoms with Crippen LogP contribution >= 0.6 is 11.6 Å². The number of hydrogen-bond donors (Lipinski definition) is 1. The maximum absolute atomic E-state index is 11.8. The summed E-state index contributed by atoms with van der Waals surface area (Å²) in [6, 6.07) is 6.26. The number of ether oxygens (including phenoxy) is 2. The lowest BCUT2D eigenvalue weighted by Crippen LogP contribution is -2.34. The lowest BCUT2D eigenvalue weighted by atomic mass is 10.1. The Morgan fingerprint density at radius 3 is 2.32 bits per heavy atom. The highest BCUT2D eigenvalue weighted by molar-refractivity contribution is 6.30. The van der Waals surface area contributed by atoms with Crippen molar-refractivity contribution in [2.45, 2.75) is 12.8 Å². The molecular formula is C14H14ClNO6. The van der Waals surface area contributed by atoms with Crippen molar-refractivity contribution in [1.29, 1.82) is 0 Å². The first-order valence-corrected chi connectivity index (χ1v) is 6.62. The molecule has 8 heteroatoms. The number of alkyl carbamates (subject to hydrolysis) is 1. The Kier molecular flexibility index (Phi) is 7.04. The minimum absolute atomic E-state index is 0.0565. The first-order valence-electron chi connectivity index (χ1n) is 6.24. The zero-order valence-corrected chi connectivity index (χ0v) is 12.5. The van der Waals surface area contributed by atoms with Crippen LogP contribution in [0.1, 0.15) is 23.2 Å². The number of imide groups is 1. The molecule has 0 aliphatic heterocycles. The molecule has 22 heavy (non-hydrogen) atoms. The molecule has 0 atom stereocenters. The molecule has 118 valence electrons. The number of Topliss-reactive ketones (excluding diaryl/α,β-unsaturated/α-hetero) is 1. The smallest absolute Gasteiger partial charge is 0.413 e. The highest BCUT2D eigenvalue weighted by Gasteiger charge is 2.13. The van der Waals surface area contributed by atoms with E-state index in [1.807, 2.05) is 5.32 Å². The normalized spacial score (nSPS) is 9.73. The molecule has 7 nitrogen and oxygen atoms in total. The van der Waals surface area contributed by atoms with E-state index in [1.165, 1.54) is 0 Å². The number of benzene rings is 1. The van der Waals surface area contributed by atoms with Crippen molar-refractivity contribution in [2.75, 3.05) is 13.7 Å². The highest BCUT2D eigenvalue weighted by Crippen LogP contribution is 2.12. The van der Waals surface area contributed by atoms with Gasteiger partial charge in [-0.2, -0.15) is 0 Å². The van der Waals surface area contributed by atoms with E-state index < -0.39 is 24.6 Å². The largest absolute Gasteiger partial charge is 0.456 e. The molecule has 0 bridgehead atoms. The molecule has 0 heterocycles. The SMILES string of the molecule is COC(=O)NC(=O)COC(=O)CCC(=O)c1ccc(Cl)cc1. The predicted octanol–water partition coefficient (Wildman–Crippen LogP) is 1.73. The summed E-state index contributed by atoms with van der Waals surface area (Å²) < 4.78 is 8.82. The number of ketones is 1. The van der Waals surface area contributed by atoms with Gasteiger partial charge in [0.05, 0.1) is 13.5 Å². The molecule has 2 amide bonds. The number of nitrogens with one attached hydrogen (secondary N) is 1. The van der Waals surface area contributed by atoms with Crippen molar-refractivity contribution < 1.29 is 28.7 Å². The van der Waals surface area contributed by atoms with E-state index in [0.717, 1.165) is 7.11 Å². The molecular weight excluding hydrogens is 314 g/mol. The molecule has 0 aromatic heterocycles. The zero-order valence-electron chi connectivity index (χ0n) is 11.8. The number of carbonyl (C=O) groups is 4. The summed E-state index contributed by atoms with van der Waals surface area (Å²) in [5, 5.41) is 2.33. The van der Waals surface area contributed by atoms with E-state index in [4.69, 9.17) is 11.6 Å². The molecule has 1 N–H and O–H groups in total. The van der Waals surface area contributed by atoms with Gasteiger partial charge in [0.2, 0.25) is 0 Å². The maximum Gasteiger partial charge on any atom is 0.413 e. The molecule has 0 saturated heterocycles. The van der Waals surface area contributed by atoms with Crippen molar-refractivity contribution >= 4 is 35.4 Å². The number of esters is 1. The first kappa shape index (κ1) is 17.6. The highest BCUT2D eigenvalue weighted by atomic mass is 35.5. The van der Waals surface area contributed by atoms with E-state index >= 15 is 0 Å². The summed E-state index contributed by atoms with van der Waals surface area (Å²) in [5.74, 6) is -1.78. The van der Waals surface area contributed by atoms with Gasteiger partial charge in [0, 0.05) is 17.0 Å². The second kappa shape index (κ2) is 8.78. The Labute approximate surface area is 131 Å². The summed E-state index contributed by atoms with van der Waals surface area (Å²) in [7, 11) is 1.09. The van der Waals surface area contributed by atoms with E-state index in [2.05, 4.69) is 9.47 Å². The molecule has 0 saturated carbocycles. The quantitative estimate of drug-likeness (QED) is 0.631. The van der Waals surface area contributed by atoms with Gasteiger partial charge in [-0.25, -0.2) is 4.79 Å². The number of methoxy groups -OCH3 is 1. The van der Waals surface area contributed by atoms with Gasteiger partial charge in [-0.3, -0.25) is 19.7 Å². The Morgan fingerprint density at radius 1 is 1.09 bits per heavy atom. The Morgan fingerprint density at radius 2 is 1.73 bits per heavy atom. The van der Waals surface area contributed by atoms with Gasteiger partial charge < -0.3 is 9.47 Å². The maximum atomic E-state index is 11.8. The van der Waals surface area contributed by atoms with Crippen molar-refractivity contribution in [2.24, 2.45) is 0 Å². The molecule has 0 fully saturated rings. The standard InChI is InChI=1S/C14H14ClNO6/c1-21-14(20)16-12(18)8-22-13(19)7-6-11(17)9-2-4-10(15)5-3-9/h2-5H,6-8H2,1H3,(H,16,18,20). The molecule has 0 radical (unpaired) electrons. The van der Waals surface area contributed by atoms with Crippen LogP contribution in [0.25, 0.3) is 0 Å². The minimum Gasteiger partial charge on any atom is -0.456 e. The number of hydrogen-bond acceptors (Lipinski definition) is 6. The summed E-state index contributed by atoms with van der Waals surface area (Å²) >= 11 is 5.71. The average molecular weight is 328 g/mol. The van der Waals surface area contributed by atoms with E-state index in [1.54, 1.807) is 24.3 Å². The minimum atomic E-state index is -0.945. The second-order valence-electron chi connectivity index (χ2n) is 4.13. The Bertz CT molecular complexity index is 569. The van der Waals surface area contributed by atoms with E-state index in [0.29, 0.717) is 10.6 Å². The van der Waals surface area contributed by atoms with Gasteiger partial charge >= 0.3 is 12.1 Å². The average Bonchev–Trinajstić information content (AvgIpc) is 2.51. The van der Waals surface area contributed by atoms with Crippen LogP contribution < -0.4 is 5.32 Å². The Balaban J connectivity index is 2.31. The molecule has 1 rings (SSSR count). The number of amides is 2. The second-order valence-corrected chi connectivity index (χ2v) is 4.57. The van der Waals surface area contributed by atoms with Crippen LogP contribution in [0.15, 0.2) is 24.3 Å². The van der Waals surface area contributed by atoms with Crippen molar-refractivity contribution in [3.63, 3.8) is 0 Å². The zero-order chi connectivity index (χ0) is 16.5. The third kappa shape index (κ3) is 6.36. The van der Waals surface area contributed by atoms with Crippen LogP contribution in [-0.2, 0) is 19.1 Å². The van der Waals surface area contributed by atoms with Crippen molar-refractivity contribution in [3.05, 3.63) is 34.9 Å². The molecule has 0 aliphatic rings. The molecule has 1 aromatic carbocycles. The van der Waals surface area contributed by atoms with Gasteiger partial charge in [-0.1, -0.05) is 11.6 Å². The molecule has 0 aliphatic carbocycles. The molecule has 1 aromatic rings. The fraction of sp³-hybridized carbons (Fsp3) is 0.286. The van der Waals surface area contributed by atoms with E-state index in [-0.39, 0.29) is 18.6 Å². The lowest BCUT2D eigenvalue weighted by molar-refractivity contribution is -0.148. The van der Waals surface area contributed by atoms with Gasteiger partial charge in [-0.05, 0) is 24.3 Å². The van der Waals surface area contributed by atoms with Gasteiger partial charge in [0.25, 0.3) is 5.91 Å². The van der Waals surface area contributed by atoms with Crippen LogP contribution in [0.3, 0.4) is 0 Å². The number of carbonyl (C=O) groups excluding carboxylic acids is 4. The monoisotopic (exact) mass is 327 g/mol. The topological polar surface area (TPSA) is 98.8 Å². The van der Waals surface area contributed by atoms with Crippen LogP contribution in [0.4, 0.5) is 4.79 Å². The molecule has 0 unspecified atom stereocenters. The number of rotatable bonds is 6. The lowest BCUT2D eigenvalue weighted by Gasteiger charge is -2.05. The summed E-state index contributed by atoms with van der Waals surface area (Å²) in [5.41, 5.74) is 0.431. The van der Waals surface area contributed by atoms with Crippen molar-refractivity contribution in [1.82, 2.24) is 5.32 Å². The third-order valence-electron chi connectivity index (χ3n) is 2.51. The van der Waals surface area contributed by atoms with E-state index in [9.17, 15) is 19.2 Å². The summed E-state index contributed by atoms with van der Waals surface area (Å²) in [6.07, 6.45) is -1.18. The van der Waals surface area contributed by atoms with Gasteiger partial charge in [-0.15, -0.1) is 0 Å². The van der Waals surface area contributed by atoms with Crippen LogP contribution in [0.2, 0.25) is 5.02 Å². The first-order chi connectivity index (χ1) is 10.4. The Hall–Kier alpha value is -2.41. The number of halogens is 1. The van der Waals surface area contributed by atoms with Crippen LogP contribution in [0, 0.1) is 0 Å². The van der Waals surface area contributed by atoms with Crippen LogP contribution in [-0.4, -0.2) is 37.5 Å². The predicted molar refractivity (Wildman–Crippen MR) is 76.5 cm³/mol. The molecule has 0 spiro atoms. The van der Waals surface area contributed by atoms with Gasteiger partial charge in [0.15, 0.2) is 12.4 Å². The fourth-order valence-corrected chi connectivity index (χ4v) is 1.54. The summed E-state index contributed by atoms with van der Waals surface area (Å²) in [4.78, 5) is 45.0. The van der Waals surface area contributed by atoms with Crippen molar-refractivity contribution in [3.8, 4) is 0 Å². The fourth-order valence-electron chi connectivity index (χ4n) is 1.41. The third-order valence-corrected chi connectivity index (χ3v) is 2.77. The van der Waals surface area contributed by atoms with Crippen LogP contribution in [0.5, 0.6) is 0 Å². The summed E-state index contributed by atoms with van der Waals surface area (Å²) in [6.45, 7) is -0.622.